The molecule has 2 unspecified atom stereocenters. The maximum absolute atomic E-state index is 6.13. The number of anilines is 1. The fourth-order valence-corrected chi connectivity index (χ4v) is 4.20. The molecule has 5 nitrogen and oxygen atoms in total. The van der Waals surface area contributed by atoms with Crippen LogP contribution in [0, 0.1) is 5.92 Å². The fraction of sp³-hybridized carbons (Fsp3) is 0.650. The fourth-order valence-electron chi connectivity index (χ4n) is 4.02. The van der Waals surface area contributed by atoms with Crippen molar-refractivity contribution < 1.29 is 0 Å². The van der Waals surface area contributed by atoms with E-state index in [1.54, 1.807) is 0 Å². The molecule has 3 rings (SSSR count). The molecule has 0 aliphatic carbocycles. The molecular formula is C20H32ClN5. The van der Waals surface area contributed by atoms with E-state index in [1.807, 2.05) is 25.2 Å². The van der Waals surface area contributed by atoms with Crippen LogP contribution in [0.2, 0.25) is 5.02 Å². The molecule has 2 N–H and O–H groups in total. The SMILES string of the molecule is CCN1CCCC(CNC(=NC)NC2CCN(c3cccc(Cl)c3)C2)C1. The van der Waals surface area contributed by atoms with Crippen LogP contribution in [0.4, 0.5) is 5.69 Å². The Morgan fingerprint density at radius 3 is 2.92 bits per heavy atom. The van der Waals surface area contributed by atoms with Crippen molar-refractivity contribution in [2.24, 2.45) is 10.9 Å². The lowest BCUT2D eigenvalue weighted by Gasteiger charge is -2.32. The first-order valence-electron chi connectivity index (χ1n) is 9.88. The molecule has 0 spiro atoms. The summed E-state index contributed by atoms with van der Waals surface area (Å²) >= 11 is 6.13. The number of piperidine rings is 1. The van der Waals surface area contributed by atoms with Crippen LogP contribution in [0.5, 0.6) is 0 Å². The topological polar surface area (TPSA) is 42.9 Å². The van der Waals surface area contributed by atoms with Gasteiger partial charge in [0.25, 0.3) is 0 Å². The largest absolute Gasteiger partial charge is 0.369 e. The van der Waals surface area contributed by atoms with Gasteiger partial charge in [-0.15, -0.1) is 0 Å². The number of guanidine groups is 1. The van der Waals surface area contributed by atoms with Crippen molar-refractivity contribution >= 4 is 23.2 Å². The predicted molar refractivity (Wildman–Crippen MR) is 111 cm³/mol. The Morgan fingerprint density at radius 2 is 2.15 bits per heavy atom. The van der Waals surface area contributed by atoms with Gasteiger partial charge in [-0.3, -0.25) is 4.99 Å². The Morgan fingerprint density at radius 1 is 1.27 bits per heavy atom. The predicted octanol–water partition coefficient (Wildman–Crippen LogP) is 2.82. The normalized spacial score (nSPS) is 24.7. The number of rotatable bonds is 5. The molecule has 0 radical (unpaired) electrons. The second-order valence-corrected chi connectivity index (χ2v) is 7.85. The maximum atomic E-state index is 6.13. The van der Waals surface area contributed by atoms with Crippen LogP contribution in [0.25, 0.3) is 0 Å². The number of hydrogen-bond acceptors (Lipinski definition) is 3. The average molecular weight is 378 g/mol. The van der Waals surface area contributed by atoms with E-state index in [2.05, 4.69) is 38.4 Å². The number of likely N-dealkylation sites (tertiary alicyclic amines) is 1. The van der Waals surface area contributed by atoms with Gasteiger partial charge in [-0.2, -0.15) is 0 Å². The summed E-state index contributed by atoms with van der Waals surface area (Å²) in [5.74, 6) is 1.64. The van der Waals surface area contributed by atoms with Crippen LogP contribution in [0.3, 0.4) is 0 Å². The third-order valence-electron chi connectivity index (χ3n) is 5.53. The monoisotopic (exact) mass is 377 g/mol. The van der Waals surface area contributed by atoms with Crippen LogP contribution in [-0.2, 0) is 0 Å². The van der Waals surface area contributed by atoms with Crippen LogP contribution in [0.15, 0.2) is 29.3 Å². The van der Waals surface area contributed by atoms with Gasteiger partial charge >= 0.3 is 0 Å². The van der Waals surface area contributed by atoms with E-state index in [9.17, 15) is 0 Å². The van der Waals surface area contributed by atoms with Gasteiger partial charge in [-0.25, -0.2) is 0 Å². The highest BCUT2D eigenvalue weighted by Gasteiger charge is 2.24. The summed E-state index contributed by atoms with van der Waals surface area (Å²) in [7, 11) is 1.86. The molecule has 0 aromatic heterocycles. The molecule has 2 fully saturated rings. The first kappa shape index (κ1) is 19.3. The molecule has 144 valence electrons. The minimum Gasteiger partial charge on any atom is -0.369 e. The molecule has 0 bridgehead atoms. The van der Waals surface area contributed by atoms with Crippen LogP contribution in [0.1, 0.15) is 26.2 Å². The van der Waals surface area contributed by atoms with Crippen molar-refractivity contribution in [2.45, 2.75) is 32.2 Å². The maximum Gasteiger partial charge on any atom is 0.191 e. The van der Waals surface area contributed by atoms with Gasteiger partial charge in [0.15, 0.2) is 5.96 Å². The van der Waals surface area contributed by atoms with Crippen molar-refractivity contribution in [3.8, 4) is 0 Å². The summed E-state index contributed by atoms with van der Waals surface area (Å²) in [4.78, 5) is 9.36. The molecule has 26 heavy (non-hydrogen) atoms. The van der Waals surface area contributed by atoms with Crippen molar-refractivity contribution in [3.05, 3.63) is 29.3 Å². The summed E-state index contributed by atoms with van der Waals surface area (Å²) in [5, 5.41) is 7.94. The van der Waals surface area contributed by atoms with Gasteiger partial charge in [0.05, 0.1) is 0 Å². The van der Waals surface area contributed by atoms with E-state index in [4.69, 9.17) is 11.6 Å². The standard InChI is InChI=1S/C20H32ClN5/c1-3-25-10-5-6-16(14-25)13-23-20(22-2)24-18-9-11-26(15-18)19-8-4-7-17(21)12-19/h4,7-8,12,16,18H,3,5-6,9-11,13-15H2,1-2H3,(H2,22,23,24). The van der Waals surface area contributed by atoms with Gasteiger partial charge in [0, 0.05) is 50.0 Å². The number of benzene rings is 1. The van der Waals surface area contributed by atoms with Gasteiger partial charge in [0.1, 0.15) is 0 Å². The van der Waals surface area contributed by atoms with Crippen molar-refractivity contribution in [3.63, 3.8) is 0 Å². The van der Waals surface area contributed by atoms with Crippen molar-refractivity contribution in [1.82, 2.24) is 15.5 Å². The van der Waals surface area contributed by atoms with Crippen LogP contribution in [-0.4, -0.2) is 63.2 Å². The third-order valence-corrected chi connectivity index (χ3v) is 5.77. The summed E-state index contributed by atoms with van der Waals surface area (Å²) < 4.78 is 0. The summed E-state index contributed by atoms with van der Waals surface area (Å²) in [6, 6.07) is 8.53. The highest BCUT2D eigenvalue weighted by Crippen LogP contribution is 2.23. The molecule has 2 aliphatic heterocycles. The van der Waals surface area contributed by atoms with E-state index >= 15 is 0 Å². The minimum absolute atomic E-state index is 0.415. The Balaban J connectivity index is 1.45. The highest BCUT2D eigenvalue weighted by atomic mass is 35.5. The number of nitrogens with zero attached hydrogens (tertiary/aromatic N) is 3. The molecular weight excluding hydrogens is 346 g/mol. The van der Waals surface area contributed by atoms with E-state index in [0.29, 0.717) is 12.0 Å². The Kier molecular flexibility index (Phi) is 7.03. The molecule has 2 aliphatic rings. The highest BCUT2D eigenvalue weighted by molar-refractivity contribution is 6.30. The molecule has 0 amide bonds. The summed E-state index contributed by atoms with van der Waals surface area (Å²) in [5.41, 5.74) is 1.20. The second kappa shape index (κ2) is 9.47. The molecule has 2 atom stereocenters. The summed E-state index contributed by atoms with van der Waals surface area (Å²) in [6.45, 7) is 8.89. The number of aliphatic imine (C=N–C) groups is 1. The van der Waals surface area contributed by atoms with Gasteiger partial charge in [-0.1, -0.05) is 24.6 Å². The lowest BCUT2D eigenvalue weighted by Crippen LogP contribution is -2.47. The molecule has 1 aromatic rings. The third kappa shape index (κ3) is 5.27. The van der Waals surface area contributed by atoms with Crippen molar-refractivity contribution in [1.29, 1.82) is 0 Å². The van der Waals surface area contributed by atoms with E-state index in [1.165, 1.54) is 31.6 Å². The smallest absolute Gasteiger partial charge is 0.191 e. The molecule has 2 saturated heterocycles. The molecule has 0 saturated carbocycles. The molecule has 6 heteroatoms. The number of halogens is 1. The Hall–Kier alpha value is -1.46. The van der Waals surface area contributed by atoms with E-state index in [-0.39, 0.29) is 0 Å². The van der Waals surface area contributed by atoms with Gasteiger partial charge < -0.3 is 20.4 Å². The van der Waals surface area contributed by atoms with Crippen molar-refractivity contribution in [2.75, 3.05) is 51.2 Å². The van der Waals surface area contributed by atoms with Gasteiger partial charge in [0.2, 0.25) is 0 Å². The Labute approximate surface area is 162 Å². The Bertz CT molecular complexity index is 606. The molecule has 2 heterocycles. The summed E-state index contributed by atoms with van der Waals surface area (Å²) in [6.07, 6.45) is 3.73. The minimum atomic E-state index is 0.415. The molecule has 1 aromatic carbocycles. The number of nitrogens with one attached hydrogen (secondary N) is 2. The van der Waals surface area contributed by atoms with Gasteiger partial charge in [-0.05, 0) is 56.5 Å². The van der Waals surface area contributed by atoms with E-state index < -0.39 is 0 Å². The lowest BCUT2D eigenvalue weighted by molar-refractivity contribution is 0.183. The first-order valence-corrected chi connectivity index (χ1v) is 10.3. The zero-order valence-electron chi connectivity index (χ0n) is 16.0. The lowest BCUT2D eigenvalue weighted by atomic mass is 9.98. The first-order chi connectivity index (χ1) is 12.7. The quantitative estimate of drug-likeness (QED) is 0.611. The second-order valence-electron chi connectivity index (χ2n) is 7.41. The zero-order valence-corrected chi connectivity index (χ0v) is 16.8. The van der Waals surface area contributed by atoms with Crippen LogP contribution >= 0.6 is 11.6 Å². The zero-order chi connectivity index (χ0) is 18.4. The average Bonchev–Trinajstić information content (AvgIpc) is 3.14. The number of hydrogen-bond donors (Lipinski definition) is 2. The van der Waals surface area contributed by atoms with Crippen LogP contribution < -0.4 is 15.5 Å². The van der Waals surface area contributed by atoms with E-state index in [0.717, 1.165) is 43.6 Å².